The van der Waals surface area contributed by atoms with Gasteiger partial charge in [0.1, 0.15) is 0 Å². The van der Waals surface area contributed by atoms with Gasteiger partial charge in [-0.05, 0) is 12.3 Å². The average Bonchev–Trinajstić information content (AvgIpc) is 1.63. The van der Waals surface area contributed by atoms with E-state index in [4.69, 9.17) is 11.5 Å². The van der Waals surface area contributed by atoms with E-state index in [9.17, 15) is 0 Å². The molecule has 54 valence electrons. The molecule has 0 bridgehead atoms. The van der Waals surface area contributed by atoms with Crippen molar-refractivity contribution in [2.24, 2.45) is 17.4 Å². The zero-order chi connectivity index (χ0) is 7.44. The van der Waals surface area contributed by atoms with Crippen LogP contribution in [0.4, 0.5) is 0 Å². The predicted octanol–water partition coefficient (Wildman–Crippen LogP) is 0.832. The monoisotopic (exact) mass is 128 g/mol. The van der Waals surface area contributed by atoms with Gasteiger partial charge in [0.05, 0.1) is 0 Å². The number of nitrogens with two attached hydrogens (primary N) is 2. The maximum atomic E-state index is 5.59. The molecule has 0 aliphatic carbocycles. The summed E-state index contributed by atoms with van der Waals surface area (Å²) in [7, 11) is 0. The number of rotatable bonds is 3. The van der Waals surface area contributed by atoms with Crippen molar-refractivity contribution < 1.29 is 0 Å². The lowest BCUT2D eigenvalue weighted by Crippen LogP contribution is -2.28. The maximum absolute atomic E-state index is 5.59. The second-order valence-electron chi connectivity index (χ2n) is 2.81. The Bertz CT molecular complexity index is 97.1. The van der Waals surface area contributed by atoms with Crippen molar-refractivity contribution in [1.82, 2.24) is 0 Å². The Morgan fingerprint density at radius 1 is 1.56 bits per heavy atom. The second kappa shape index (κ2) is 3.51. The van der Waals surface area contributed by atoms with Crippen LogP contribution in [0, 0.1) is 5.92 Å². The summed E-state index contributed by atoms with van der Waals surface area (Å²) in [5, 5.41) is 0. The van der Waals surface area contributed by atoms with Gasteiger partial charge in [0.15, 0.2) is 0 Å². The van der Waals surface area contributed by atoms with Crippen LogP contribution in [0.2, 0.25) is 0 Å². The summed E-state index contributed by atoms with van der Waals surface area (Å²) in [4.78, 5) is 0. The van der Waals surface area contributed by atoms with E-state index in [0.717, 1.165) is 6.42 Å². The summed E-state index contributed by atoms with van der Waals surface area (Å²) < 4.78 is 0. The highest BCUT2D eigenvalue weighted by atomic mass is 14.7. The number of hydrogen-bond acceptors (Lipinski definition) is 2. The highest BCUT2D eigenvalue weighted by Gasteiger charge is 2.04. The van der Waals surface area contributed by atoms with E-state index in [1.165, 1.54) is 0 Å². The second-order valence-corrected chi connectivity index (χ2v) is 2.81. The smallest absolute Gasteiger partial charge is 0.0438 e. The Balaban J connectivity index is 3.50. The highest BCUT2D eigenvalue weighted by Crippen LogP contribution is 2.04. The largest absolute Gasteiger partial charge is 0.401 e. The van der Waals surface area contributed by atoms with Gasteiger partial charge in [-0.15, -0.1) is 0 Å². The van der Waals surface area contributed by atoms with Gasteiger partial charge < -0.3 is 11.5 Å². The molecule has 0 fully saturated rings. The van der Waals surface area contributed by atoms with E-state index in [2.05, 4.69) is 20.4 Å². The molecule has 0 aromatic carbocycles. The first-order chi connectivity index (χ1) is 4.04. The lowest BCUT2D eigenvalue weighted by atomic mass is 10.0. The molecule has 0 aliphatic heterocycles. The Hall–Kier alpha value is -0.500. The molecule has 0 radical (unpaired) electrons. The summed E-state index contributed by atoms with van der Waals surface area (Å²) in [6.45, 7) is 7.79. The number of hydrogen-bond donors (Lipinski definition) is 2. The van der Waals surface area contributed by atoms with Gasteiger partial charge in [-0.3, -0.25) is 0 Å². The average molecular weight is 128 g/mol. The third-order valence-electron chi connectivity index (χ3n) is 1.20. The molecule has 9 heavy (non-hydrogen) atoms. The standard InChI is InChI=1S/C7H16N2/c1-5(2)4-7(9)6(3)8/h5,7H,3-4,8-9H2,1-2H3. The minimum absolute atomic E-state index is 0.0231. The van der Waals surface area contributed by atoms with Crippen LogP contribution in [0.15, 0.2) is 12.3 Å². The molecule has 0 aliphatic rings. The van der Waals surface area contributed by atoms with E-state index >= 15 is 0 Å². The van der Waals surface area contributed by atoms with Crippen LogP contribution in [0.5, 0.6) is 0 Å². The molecule has 1 atom stereocenters. The molecular weight excluding hydrogens is 112 g/mol. The topological polar surface area (TPSA) is 52.0 Å². The molecule has 0 rings (SSSR count). The van der Waals surface area contributed by atoms with Crippen molar-refractivity contribution in [3.63, 3.8) is 0 Å². The van der Waals surface area contributed by atoms with Crippen molar-refractivity contribution in [2.75, 3.05) is 0 Å². The first-order valence-electron chi connectivity index (χ1n) is 3.24. The van der Waals surface area contributed by atoms with Crippen molar-refractivity contribution in [2.45, 2.75) is 26.3 Å². The van der Waals surface area contributed by atoms with Crippen molar-refractivity contribution in [3.8, 4) is 0 Å². The molecule has 0 aromatic heterocycles. The molecule has 2 heteroatoms. The van der Waals surface area contributed by atoms with Gasteiger partial charge in [-0.25, -0.2) is 0 Å². The predicted molar refractivity (Wildman–Crippen MR) is 40.8 cm³/mol. The van der Waals surface area contributed by atoms with Crippen molar-refractivity contribution >= 4 is 0 Å². The van der Waals surface area contributed by atoms with Crippen LogP contribution in [-0.2, 0) is 0 Å². The SMILES string of the molecule is C=C(N)C(N)CC(C)C. The van der Waals surface area contributed by atoms with Crippen LogP contribution in [-0.4, -0.2) is 6.04 Å². The molecule has 0 saturated heterocycles. The van der Waals surface area contributed by atoms with Gasteiger partial charge in [-0.1, -0.05) is 20.4 Å². The van der Waals surface area contributed by atoms with Crippen molar-refractivity contribution in [1.29, 1.82) is 0 Å². The summed E-state index contributed by atoms with van der Waals surface area (Å²) in [5.41, 5.74) is 11.5. The summed E-state index contributed by atoms with van der Waals surface area (Å²) in [6.07, 6.45) is 0.926. The van der Waals surface area contributed by atoms with Crippen LogP contribution in [0.1, 0.15) is 20.3 Å². The summed E-state index contributed by atoms with van der Waals surface area (Å²) in [5.74, 6) is 0.597. The maximum Gasteiger partial charge on any atom is 0.0438 e. The first kappa shape index (κ1) is 8.50. The van der Waals surface area contributed by atoms with E-state index in [-0.39, 0.29) is 6.04 Å². The van der Waals surface area contributed by atoms with Crippen molar-refractivity contribution in [3.05, 3.63) is 12.3 Å². The Morgan fingerprint density at radius 2 is 2.00 bits per heavy atom. The molecule has 0 amide bonds. The molecule has 1 unspecified atom stereocenters. The molecule has 0 heterocycles. The first-order valence-corrected chi connectivity index (χ1v) is 3.24. The zero-order valence-electron chi connectivity index (χ0n) is 6.22. The molecule has 0 aromatic rings. The fourth-order valence-corrected chi connectivity index (χ4v) is 0.659. The molecule has 2 nitrogen and oxygen atoms in total. The third-order valence-corrected chi connectivity index (χ3v) is 1.20. The van der Waals surface area contributed by atoms with Crippen LogP contribution >= 0.6 is 0 Å². The zero-order valence-corrected chi connectivity index (χ0v) is 6.22. The van der Waals surface area contributed by atoms with E-state index in [0.29, 0.717) is 11.6 Å². The van der Waals surface area contributed by atoms with Crippen LogP contribution in [0.25, 0.3) is 0 Å². The Labute approximate surface area is 56.9 Å². The van der Waals surface area contributed by atoms with E-state index in [1.54, 1.807) is 0 Å². The van der Waals surface area contributed by atoms with Gasteiger partial charge >= 0.3 is 0 Å². The molecule has 0 saturated carbocycles. The third kappa shape index (κ3) is 4.03. The fraction of sp³-hybridized carbons (Fsp3) is 0.714. The Kier molecular flexibility index (Phi) is 3.32. The van der Waals surface area contributed by atoms with E-state index in [1.807, 2.05) is 0 Å². The quantitative estimate of drug-likeness (QED) is 0.591. The normalized spacial score (nSPS) is 13.8. The lowest BCUT2D eigenvalue weighted by molar-refractivity contribution is 0.531. The Morgan fingerprint density at radius 3 is 2.11 bits per heavy atom. The molecule has 4 N–H and O–H groups in total. The minimum Gasteiger partial charge on any atom is -0.401 e. The van der Waals surface area contributed by atoms with Crippen LogP contribution < -0.4 is 11.5 Å². The van der Waals surface area contributed by atoms with Gasteiger partial charge in [-0.2, -0.15) is 0 Å². The van der Waals surface area contributed by atoms with E-state index < -0.39 is 0 Å². The molecular formula is C7H16N2. The minimum atomic E-state index is -0.0231. The van der Waals surface area contributed by atoms with Gasteiger partial charge in [0.25, 0.3) is 0 Å². The summed E-state index contributed by atoms with van der Waals surface area (Å²) in [6, 6.07) is -0.0231. The van der Waals surface area contributed by atoms with Gasteiger partial charge in [0, 0.05) is 11.7 Å². The highest BCUT2D eigenvalue weighted by molar-refractivity contribution is 4.97. The lowest BCUT2D eigenvalue weighted by Gasteiger charge is -2.12. The van der Waals surface area contributed by atoms with Crippen LogP contribution in [0.3, 0.4) is 0 Å². The van der Waals surface area contributed by atoms with Gasteiger partial charge in [0.2, 0.25) is 0 Å². The molecule has 0 spiro atoms. The fourth-order valence-electron chi connectivity index (χ4n) is 0.659. The summed E-state index contributed by atoms with van der Waals surface area (Å²) >= 11 is 0.